The number of urea groups is 1. The molecule has 0 unspecified atom stereocenters. The normalized spacial score (nSPS) is 10.8. The van der Waals surface area contributed by atoms with Crippen LogP contribution in [-0.2, 0) is 9.59 Å². The lowest BCUT2D eigenvalue weighted by atomic mass is 9.99. The Labute approximate surface area is 145 Å². The molecule has 4 N–H and O–H groups in total. The first kappa shape index (κ1) is 19.8. The SMILES string of the molecule is CCC(=O)Nc1ccc(Cl)c(NC(=O)NC(C)(C)CCC(=O)O)c1. The van der Waals surface area contributed by atoms with Gasteiger partial charge < -0.3 is 21.1 Å². The highest BCUT2D eigenvalue weighted by Crippen LogP contribution is 2.26. The standard InChI is InChI=1S/C16H22ClN3O4/c1-4-13(21)18-10-5-6-11(17)12(9-10)19-15(24)20-16(2,3)8-7-14(22)23/h5-6,9H,4,7-8H2,1-3H3,(H,18,21)(H,22,23)(H2,19,20,24). The van der Waals surface area contributed by atoms with Crippen molar-refractivity contribution < 1.29 is 19.5 Å². The van der Waals surface area contributed by atoms with Crippen LogP contribution in [0.1, 0.15) is 40.0 Å². The number of carboxylic acid groups (broad SMARTS) is 1. The van der Waals surface area contributed by atoms with Crippen molar-refractivity contribution in [3.05, 3.63) is 23.2 Å². The molecular formula is C16H22ClN3O4. The molecule has 24 heavy (non-hydrogen) atoms. The van der Waals surface area contributed by atoms with Gasteiger partial charge in [-0.15, -0.1) is 0 Å². The fraction of sp³-hybridized carbons (Fsp3) is 0.438. The first-order valence-corrected chi connectivity index (χ1v) is 7.91. The number of hydrogen-bond acceptors (Lipinski definition) is 3. The third-order valence-corrected chi connectivity index (χ3v) is 3.56. The Hall–Kier alpha value is -2.28. The Morgan fingerprint density at radius 1 is 1.21 bits per heavy atom. The summed E-state index contributed by atoms with van der Waals surface area (Å²) in [5, 5.41) is 17.0. The molecule has 0 atom stereocenters. The maximum absolute atomic E-state index is 12.1. The number of halogens is 1. The molecule has 3 amide bonds. The number of anilines is 2. The Balaban J connectivity index is 2.73. The third kappa shape index (κ3) is 6.87. The van der Waals surface area contributed by atoms with Crippen LogP contribution in [0, 0.1) is 0 Å². The summed E-state index contributed by atoms with van der Waals surface area (Å²) in [6.45, 7) is 5.20. The van der Waals surface area contributed by atoms with Gasteiger partial charge in [-0.1, -0.05) is 18.5 Å². The van der Waals surface area contributed by atoms with Crippen molar-refractivity contribution in [1.29, 1.82) is 0 Å². The van der Waals surface area contributed by atoms with Gasteiger partial charge in [0.15, 0.2) is 0 Å². The second-order valence-electron chi connectivity index (χ2n) is 5.95. The maximum atomic E-state index is 12.1. The average Bonchev–Trinajstić information content (AvgIpc) is 2.48. The molecule has 0 radical (unpaired) electrons. The Morgan fingerprint density at radius 3 is 2.46 bits per heavy atom. The predicted octanol–water partition coefficient (Wildman–Crippen LogP) is 3.45. The van der Waals surface area contributed by atoms with E-state index in [0.29, 0.717) is 22.8 Å². The molecule has 0 heterocycles. The fourth-order valence-electron chi connectivity index (χ4n) is 1.89. The van der Waals surface area contributed by atoms with Gasteiger partial charge in [-0.3, -0.25) is 9.59 Å². The van der Waals surface area contributed by atoms with Gasteiger partial charge in [-0.2, -0.15) is 0 Å². The summed E-state index contributed by atoms with van der Waals surface area (Å²) in [5.74, 6) is -1.07. The molecule has 0 fully saturated rings. The van der Waals surface area contributed by atoms with Gasteiger partial charge in [0.05, 0.1) is 10.7 Å². The van der Waals surface area contributed by atoms with Crippen LogP contribution in [0.25, 0.3) is 0 Å². The molecule has 7 nitrogen and oxygen atoms in total. The first-order valence-electron chi connectivity index (χ1n) is 7.53. The lowest BCUT2D eigenvalue weighted by Gasteiger charge is -2.26. The summed E-state index contributed by atoms with van der Waals surface area (Å²) in [4.78, 5) is 34.2. The molecule has 0 aromatic heterocycles. The molecule has 1 aromatic rings. The predicted molar refractivity (Wildman–Crippen MR) is 93.5 cm³/mol. The smallest absolute Gasteiger partial charge is 0.319 e. The number of benzene rings is 1. The van der Waals surface area contributed by atoms with E-state index >= 15 is 0 Å². The number of aliphatic carboxylic acids is 1. The molecule has 0 aliphatic carbocycles. The van der Waals surface area contributed by atoms with Crippen LogP contribution in [0.4, 0.5) is 16.2 Å². The summed E-state index contributed by atoms with van der Waals surface area (Å²) in [6, 6.07) is 4.25. The van der Waals surface area contributed by atoms with Crippen LogP contribution in [0.5, 0.6) is 0 Å². The summed E-state index contributed by atoms with van der Waals surface area (Å²) in [6.07, 6.45) is 0.576. The maximum Gasteiger partial charge on any atom is 0.319 e. The van der Waals surface area contributed by atoms with E-state index in [-0.39, 0.29) is 18.7 Å². The van der Waals surface area contributed by atoms with Gasteiger partial charge in [0.1, 0.15) is 0 Å². The minimum Gasteiger partial charge on any atom is -0.481 e. The van der Waals surface area contributed by atoms with Gasteiger partial charge in [0.2, 0.25) is 5.91 Å². The number of carbonyl (C=O) groups excluding carboxylic acids is 2. The summed E-state index contributed by atoms with van der Waals surface area (Å²) in [7, 11) is 0. The highest BCUT2D eigenvalue weighted by molar-refractivity contribution is 6.33. The number of carboxylic acids is 1. The molecule has 132 valence electrons. The monoisotopic (exact) mass is 355 g/mol. The van der Waals surface area contributed by atoms with Crippen molar-refractivity contribution in [2.75, 3.05) is 10.6 Å². The molecule has 1 aromatic carbocycles. The van der Waals surface area contributed by atoms with Crippen LogP contribution in [-0.4, -0.2) is 28.6 Å². The first-order chi connectivity index (χ1) is 11.1. The Kier molecular flexibility index (Phi) is 7.03. The molecule has 0 bridgehead atoms. The van der Waals surface area contributed by atoms with E-state index in [9.17, 15) is 14.4 Å². The minimum absolute atomic E-state index is 0.0490. The van der Waals surface area contributed by atoms with Gasteiger partial charge in [-0.25, -0.2) is 4.79 Å². The molecule has 0 aliphatic rings. The highest BCUT2D eigenvalue weighted by atomic mass is 35.5. The number of hydrogen-bond donors (Lipinski definition) is 4. The zero-order chi connectivity index (χ0) is 18.3. The van der Waals surface area contributed by atoms with E-state index in [1.54, 1.807) is 39.0 Å². The van der Waals surface area contributed by atoms with Gasteiger partial charge >= 0.3 is 12.0 Å². The third-order valence-electron chi connectivity index (χ3n) is 3.24. The van der Waals surface area contributed by atoms with E-state index in [4.69, 9.17) is 16.7 Å². The number of rotatable bonds is 7. The second kappa shape index (κ2) is 8.54. The van der Waals surface area contributed by atoms with Crippen LogP contribution in [0.2, 0.25) is 5.02 Å². The van der Waals surface area contributed by atoms with Gasteiger partial charge in [0.25, 0.3) is 0 Å². The fourth-order valence-corrected chi connectivity index (χ4v) is 2.06. The molecule has 0 spiro atoms. The molecule has 0 saturated heterocycles. The van der Waals surface area contributed by atoms with Gasteiger partial charge in [-0.05, 0) is 38.5 Å². The van der Waals surface area contributed by atoms with E-state index < -0.39 is 17.5 Å². The van der Waals surface area contributed by atoms with Crippen molar-refractivity contribution in [3.63, 3.8) is 0 Å². The Morgan fingerprint density at radius 2 is 1.88 bits per heavy atom. The van der Waals surface area contributed by atoms with E-state index in [1.165, 1.54) is 0 Å². The van der Waals surface area contributed by atoms with Crippen molar-refractivity contribution in [2.24, 2.45) is 0 Å². The number of carbonyl (C=O) groups is 3. The highest BCUT2D eigenvalue weighted by Gasteiger charge is 2.22. The molecule has 8 heteroatoms. The molecule has 0 aliphatic heterocycles. The topological polar surface area (TPSA) is 108 Å². The van der Waals surface area contributed by atoms with Crippen molar-refractivity contribution in [3.8, 4) is 0 Å². The van der Waals surface area contributed by atoms with Crippen LogP contribution >= 0.6 is 11.6 Å². The minimum atomic E-state index is -0.923. The van der Waals surface area contributed by atoms with Crippen molar-refractivity contribution in [1.82, 2.24) is 5.32 Å². The number of nitrogens with one attached hydrogen (secondary N) is 3. The zero-order valence-corrected chi connectivity index (χ0v) is 14.7. The molecular weight excluding hydrogens is 334 g/mol. The van der Waals surface area contributed by atoms with E-state index in [2.05, 4.69) is 16.0 Å². The molecule has 1 rings (SSSR count). The zero-order valence-electron chi connectivity index (χ0n) is 13.9. The van der Waals surface area contributed by atoms with E-state index in [0.717, 1.165) is 0 Å². The van der Waals surface area contributed by atoms with Crippen LogP contribution < -0.4 is 16.0 Å². The largest absolute Gasteiger partial charge is 0.481 e. The van der Waals surface area contributed by atoms with E-state index in [1.807, 2.05) is 0 Å². The summed E-state index contributed by atoms with van der Waals surface area (Å²) < 4.78 is 0. The lowest BCUT2D eigenvalue weighted by molar-refractivity contribution is -0.137. The summed E-state index contributed by atoms with van der Waals surface area (Å²) >= 11 is 6.05. The average molecular weight is 356 g/mol. The lowest BCUT2D eigenvalue weighted by Crippen LogP contribution is -2.45. The Bertz CT molecular complexity index is 632. The van der Waals surface area contributed by atoms with Gasteiger partial charge in [0, 0.05) is 24.1 Å². The summed E-state index contributed by atoms with van der Waals surface area (Å²) in [5.41, 5.74) is 0.173. The molecule has 0 saturated carbocycles. The van der Waals surface area contributed by atoms with Crippen molar-refractivity contribution in [2.45, 2.75) is 45.6 Å². The van der Waals surface area contributed by atoms with Crippen LogP contribution in [0.3, 0.4) is 0 Å². The van der Waals surface area contributed by atoms with Crippen molar-refractivity contribution >= 4 is 40.9 Å². The second-order valence-corrected chi connectivity index (χ2v) is 6.36. The number of amides is 3. The van der Waals surface area contributed by atoms with Crippen LogP contribution in [0.15, 0.2) is 18.2 Å². The quantitative estimate of drug-likeness (QED) is 0.600.